The Kier molecular flexibility index (Phi) is 10.3. The first kappa shape index (κ1) is 19.4. The van der Waals surface area contributed by atoms with Gasteiger partial charge in [-0.2, -0.15) is 0 Å². The highest BCUT2D eigenvalue weighted by molar-refractivity contribution is 5.65. The van der Waals surface area contributed by atoms with Gasteiger partial charge in [-0.05, 0) is 43.9 Å². The van der Waals surface area contributed by atoms with E-state index < -0.39 is 17.9 Å². The molecule has 0 aromatic heterocycles. The van der Waals surface area contributed by atoms with Crippen LogP contribution in [0.4, 0.5) is 0 Å². The molecular formula is C15H23O6-3. The molecule has 0 spiro atoms. The fourth-order valence-electron chi connectivity index (χ4n) is 2.53. The Morgan fingerprint density at radius 2 is 1.38 bits per heavy atom. The Labute approximate surface area is 125 Å². The number of carbonyl (C=O) groups excluding carboxylic acids is 3. The van der Waals surface area contributed by atoms with E-state index in [1.807, 2.05) is 0 Å². The average Bonchev–Trinajstić information content (AvgIpc) is 2.30. The summed E-state index contributed by atoms with van der Waals surface area (Å²) in [6, 6.07) is 0. The van der Waals surface area contributed by atoms with E-state index in [0.717, 1.165) is 19.3 Å². The number of hydrogen-bond acceptors (Lipinski definition) is 6. The largest absolute Gasteiger partial charge is 0.550 e. The lowest BCUT2D eigenvalue weighted by molar-refractivity contribution is -0.308. The number of unbranched alkanes of at least 4 members (excludes halogenated alkanes) is 3. The SMILES string of the molecule is CC(CC(=O)[O-])CC(CCCCCCC(=O)[O-])CC(=O)[O-]. The highest BCUT2D eigenvalue weighted by Crippen LogP contribution is 2.23. The smallest absolute Gasteiger partial charge is 0.0417 e. The van der Waals surface area contributed by atoms with Crippen molar-refractivity contribution >= 4 is 17.9 Å². The second-order valence-corrected chi connectivity index (χ2v) is 5.68. The van der Waals surface area contributed by atoms with Crippen LogP contribution in [0.5, 0.6) is 0 Å². The predicted molar refractivity (Wildman–Crippen MR) is 69.2 cm³/mol. The Balaban J connectivity index is 3.98. The predicted octanol–water partition coefficient (Wildman–Crippen LogP) is -1.00. The van der Waals surface area contributed by atoms with Gasteiger partial charge in [-0.1, -0.05) is 32.6 Å². The van der Waals surface area contributed by atoms with Gasteiger partial charge in [0, 0.05) is 17.9 Å². The number of aliphatic carboxylic acids is 3. The van der Waals surface area contributed by atoms with E-state index in [1.165, 1.54) is 0 Å². The maximum atomic E-state index is 10.7. The van der Waals surface area contributed by atoms with Gasteiger partial charge in [0.15, 0.2) is 0 Å². The molecule has 0 N–H and O–H groups in total. The van der Waals surface area contributed by atoms with E-state index in [1.54, 1.807) is 6.92 Å². The lowest BCUT2D eigenvalue weighted by Gasteiger charge is -2.22. The average molecular weight is 299 g/mol. The van der Waals surface area contributed by atoms with Crippen molar-refractivity contribution in [2.45, 2.75) is 64.7 Å². The third kappa shape index (κ3) is 13.2. The summed E-state index contributed by atoms with van der Waals surface area (Å²) in [6.45, 7) is 1.76. The molecule has 122 valence electrons. The van der Waals surface area contributed by atoms with Crippen molar-refractivity contribution in [1.82, 2.24) is 0 Å². The molecule has 0 aromatic rings. The van der Waals surface area contributed by atoms with Gasteiger partial charge in [0.1, 0.15) is 0 Å². The molecule has 2 atom stereocenters. The summed E-state index contributed by atoms with van der Waals surface area (Å²) < 4.78 is 0. The number of carboxylic acid groups (broad SMARTS) is 3. The lowest BCUT2D eigenvalue weighted by Crippen LogP contribution is -2.28. The minimum atomic E-state index is -1.13. The zero-order valence-corrected chi connectivity index (χ0v) is 12.5. The minimum Gasteiger partial charge on any atom is -0.550 e. The Morgan fingerprint density at radius 3 is 1.90 bits per heavy atom. The van der Waals surface area contributed by atoms with E-state index in [4.69, 9.17) is 0 Å². The second kappa shape index (κ2) is 11.1. The summed E-state index contributed by atoms with van der Waals surface area (Å²) in [7, 11) is 0. The lowest BCUT2D eigenvalue weighted by atomic mass is 9.87. The first-order valence-corrected chi connectivity index (χ1v) is 7.40. The molecule has 0 aliphatic rings. The molecule has 0 heterocycles. The van der Waals surface area contributed by atoms with E-state index in [0.29, 0.717) is 19.3 Å². The van der Waals surface area contributed by atoms with Crippen LogP contribution in [0.2, 0.25) is 0 Å². The Bertz CT molecular complexity index is 339. The van der Waals surface area contributed by atoms with E-state index in [9.17, 15) is 29.7 Å². The molecule has 0 aliphatic heterocycles. The van der Waals surface area contributed by atoms with Crippen LogP contribution in [0.1, 0.15) is 64.7 Å². The van der Waals surface area contributed by atoms with Gasteiger partial charge in [-0.3, -0.25) is 0 Å². The van der Waals surface area contributed by atoms with Crippen molar-refractivity contribution in [3.63, 3.8) is 0 Å². The molecule has 0 aromatic carbocycles. The van der Waals surface area contributed by atoms with Gasteiger partial charge in [0.2, 0.25) is 0 Å². The van der Waals surface area contributed by atoms with E-state index in [2.05, 4.69) is 0 Å². The van der Waals surface area contributed by atoms with Gasteiger partial charge in [-0.25, -0.2) is 0 Å². The van der Waals surface area contributed by atoms with Gasteiger partial charge in [0.05, 0.1) is 0 Å². The highest BCUT2D eigenvalue weighted by atomic mass is 16.4. The summed E-state index contributed by atoms with van der Waals surface area (Å²) in [5.74, 6) is -3.54. The molecule has 0 saturated carbocycles. The van der Waals surface area contributed by atoms with Crippen LogP contribution < -0.4 is 15.3 Å². The molecule has 0 aliphatic carbocycles. The molecule has 6 heteroatoms. The third-order valence-corrected chi connectivity index (χ3v) is 3.45. The van der Waals surface area contributed by atoms with E-state index >= 15 is 0 Å². The van der Waals surface area contributed by atoms with Gasteiger partial charge in [-0.15, -0.1) is 0 Å². The molecule has 0 rings (SSSR count). The van der Waals surface area contributed by atoms with Crippen molar-refractivity contribution in [2.75, 3.05) is 0 Å². The number of carboxylic acids is 3. The molecule has 0 amide bonds. The Hall–Kier alpha value is -1.59. The summed E-state index contributed by atoms with van der Waals surface area (Å²) in [5, 5.41) is 31.5. The summed E-state index contributed by atoms with van der Waals surface area (Å²) >= 11 is 0. The number of carbonyl (C=O) groups is 3. The third-order valence-electron chi connectivity index (χ3n) is 3.45. The normalized spacial score (nSPS) is 13.6. The van der Waals surface area contributed by atoms with Crippen molar-refractivity contribution < 1.29 is 29.7 Å². The van der Waals surface area contributed by atoms with Gasteiger partial charge in [0.25, 0.3) is 0 Å². The molecular weight excluding hydrogens is 276 g/mol. The topological polar surface area (TPSA) is 120 Å². The van der Waals surface area contributed by atoms with Gasteiger partial charge >= 0.3 is 0 Å². The monoisotopic (exact) mass is 299 g/mol. The van der Waals surface area contributed by atoms with Crippen LogP contribution in [0.15, 0.2) is 0 Å². The molecule has 0 bridgehead atoms. The minimum absolute atomic E-state index is 0.0467. The maximum absolute atomic E-state index is 10.7. The van der Waals surface area contributed by atoms with Crippen LogP contribution >= 0.6 is 0 Å². The maximum Gasteiger partial charge on any atom is 0.0417 e. The van der Waals surface area contributed by atoms with Gasteiger partial charge < -0.3 is 29.7 Å². The first-order chi connectivity index (χ1) is 9.81. The van der Waals surface area contributed by atoms with Crippen molar-refractivity contribution in [3.05, 3.63) is 0 Å². The van der Waals surface area contributed by atoms with Crippen LogP contribution in [-0.4, -0.2) is 17.9 Å². The summed E-state index contributed by atoms with van der Waals surface area (Å²) in [5.41, 5.74) is 0. The number of rotatable bonds is 13. The standard InChI is InChI=1S/C15H26O6/c1-11(9-14(18)19)8-12(10-15(20)21)6-4-2-3-5-7-13(16)17/h11-12H,2-10H2,1H3,(H,16,17)(H,18,19)(H,20,21)/p-3. The molecule has 0 radical (unpaired) electrons. The fourth-order valence-corrected chi connectivity index (χ4v) is 2.53. The Morgan fingerprint density at radius 1 is 0.810 bits per heavy atom. The quantitative estimate of drug-likeness (QED) is 0.402. The van der Waals surface area contributed by atoms with Crippen LogP contribution in [0, 0.1) is 11.8 Å². The zero-order chi connectivity index (χ0) is 16.3. The second-order valence-electron chi connectivity index (χ2n) is 5.68. The van der Waals surface area contributed by atoms with E-state index in [-0.39, 0.29) is 31.1 Å². The van der Waals surface area contributed by atoms with Crippen LogP contribution in [0.3, 0.4) is 0 Å². The molecule has 0 fully saturated rings. The molecule has 21 heavy (non-hydrogen) atoms. The number of hydrogen-bond donors (Lipinski definition) is 0. The fraction of sp³-hybridized carbons (Fsp3) is 0.800. The highest BCUT2D eigenvalue weighted by Gasteiger charge is 2.14. The first-order valence-electron chi connectivity index (χ1n) is 7.40. The van der Waals surface area contributed by atoms with Crippen LogP contribution in [0.25, 0.3) is 0 Å². The van der Waals surface area contributed by atoms with Crippen molar-refractivity contribution in [1.29, 1.82) is 0 Å². The van der Waals surface area contributed by atoms with Crippen molar-refractivity contribution in [2.24, 2.45) is 11.8 Å². The molecule has 0 saturated heterocycles. The summed E-state index contributed by atoms with van der Waals surface area (Å²) in [4.78, 5) is 31.5. The zero-order valence-electron chi connectivity index (χ0n) is 12.5. The molecule has 6 nitrogen and oxygen atoms in total. The molecule has 2 unspecified atom stereocenters. The summed E-state index contributed by atoms with van der Waals surface area (Å²) in [6.07, 6.45) is 4.04. The van der Waals surface area contributed by atoms with Crippen molar-refractivity contribution in [3.8, 4) is 0 Å². The van der Waals surface area contributed by atoms with Crippen LogP contribution in [-0.2, 0) is 14.4 Å².